The molecule has 0 heterocycles. The van der Waals surface area contributed by atoms with E-state index in [0.29, 0.717) is 6.61 Å². The maximum absolute atomic E-state index is 12.0. The van der Waals surface area contributed by atoms with Crippen LogP contribution in [0.15, 0.2) is 0 Å². The highest BCUT2D eigenvalue weighted by molar-refractivity contribution is 5.72. The molecule has 1 aliphatic rings. The average Bonchev–Trinajstić information content (AvgIpc) is 2.51. The molecule has 0 radical (unpaired) electrons. The number of esters is 1. The number of carbonyl (C=O) groups excluding carboxylic acids is 1. The van der Waals surface area contributed by atoms with E-state index in [0.717, 1.165) is 44.4 Å². The molecule has 0 aliphatic heterocycles. The van der Waals surface area contributed by atoms with Crippen molar-refractivity contribution < 1.29 is 9.53 Å². The van der Waals surface area contributed by atoms with Crippen LogP contribution in [0.2, 0.25) is 0 Å². The second kappa shape index (κ2) is 10.7. The Kier molecular flexibility index (Phi) is 9.14. The second-order valence-corrected chi connectivity index (χ2v) is 6.43. The molecular weight excluding hydrogens is 262 g/mol. The fourth-order valence-electron chi connectivity index (χ4n) is 3.34. The van der Waals surface area contributed by atoms with E-state index in [9.17, 15) is 4.79 Å². The zero-order valence-corrected chi connectivity index (χ0v) is 13.8. The third-order valence-electron chi connectivity index (χ3n) is 4.64. The molecule has 3 heteroatoms. The molecule has 1 atom stereocenters. The summed E-state index contributed by atoms with van der Waals surface area (Å²) in [5.74, 6) is 1.07. The van der Waals surface area contributed by atoms with Crippen LogP contribution in [0.4, 0.5) is 0 Å². The smallest absolute Gasteiger partial charge is 0.308 e. The summed E-state index contributed by atoms with van der Waals surface area (Å²) in [7, 11) is 0. The van der Waals surface area contributed by atoms with Crippen molar-refractivity contribution in [1.29, 1.82) is 5.26 Å². The van der Waals surface area contributed by atoms with Crippen LogP contribution < -0.4 is 0 Å². The van der Waals surface area contributed by atoms with E-state index in [4.69, 9.17) is 10.00 Å². The highest BCUT2D eigenvalue weighted by Gasteiger charge is 2.26. The van der Waals surface area contributed by atoms with Gasteiger partial charge in [0, 0.05) is 5.92 Å². The molecule has 0 aromatic rings. The Balaban J connectivity index is 2.13. The largest absolute Gasteiger partial charge is 0.465 e. The summed E-state index contributed by atoms with van der Waals surface area (Å²) in [5, 5.41) is 8.98. The Morgan fingerprint density at radius 1 is 1.19 bits per heavy atom. The molecule has 0 saturated heterocycles. The fourth-order valence-corrected chi connectivity index (χ4v) is 3.34. The average molecular weight is 293 g/mol. The molecule has 0 aromatic heterocycles. The minimum absolute atomic E-state index is 0.00560. The van der Waals surface area contributed by atoms with Gasteiger partial charge in [-0.2, -0.15) is 5.26 Å². The molecule has 1 saturated carbocycles. The summed E-state index contributed by atoms with van der Waals surface area (Å²) in [4.78, 5) is 12.0. The van der Waals surface area contributed by atoms with Gasteiger partial charge < -0.3 is 4.74 Å². The van der Waals surface area contributed by atoms with Gasteiger partial charge in [0.2, 0.25) is 0 Å². The molecule has 0 amide bonds. The van der Waals surface area contributed by atoms with Crippen molar-refractivity contribution in [2.45, 2.75) is 78.1 Å². The van der Waals surface area contributed by atoms with E-state index in [1.54, 1.807) is 0 Å². The van der Waals surface area contributed by atoms with Gasteiger partial charge in [-0.05, 0) is 50.9 Å². The van der Waals surface area contributed by atoms with Gasteiger partial charge in [-0.25, -0.2) is 0 Å². The molecule has 3 nitrogen and oxygen atoms in total. The van der Waals surface area contributed by atoms with Gasteiger partial charge in [-0.15, -0.1) is 0 Å². The van der Waals surface area contributed by atoms with Crippen molar-refractivity contribution in [2.75, 3.05) is 6.61 Å². The van der Waals surface area contributed by atoms with Crippen LogP contribution in [0, 0.1) is 29.1 Å². The zero-order valence-electron chi connectivity index (χ0n) is 13.8. The summed E-state index contributed by atoms with van der Waals surface area (Å²) in [5.41, 5.74) is 0. The Morgan fingerprint density at radius 3 is 2.48 bits per heavy atom. The number of nitrogens with zero attached hydrogens (tertiary/aromatic N) is 1. The first-order valence-electron chi connectivity index (χ1n) is 8.77. The lowest BCUT2D eigenvalue weighted by molar-refractivity contribution is -0.150. The lowest BCUT2D eigenvalue weighted by atomic mass is 9.80. The van der Waals surface area contributed by atoms with Crippen molar-refractivity contribution in [2.24, 2.45) is 17.8 Å². The van der Waals surface area contributed by atoms with Crippen molar-refractivity contribution in [3.63, 3.8) is 0 Å². The quantitative estimate of drug-likeness (QED) is 0.451. The number of ether oxygens (including phenoxy) is 1. The van der Waals surface area contributed by atoms with E-state index in [-0.39, 0.29) is 17.8 Å². The minimum atomic E-state index is -0.00560. The van der Waals surface area contributed by atoms with E-state index in [2.05, 4.69) is 19.9 Å². The van der Waals surface area contributed by atoms with E-state index < -0.39 is 0 Å². The third kappa shape index (κ3) is 6.98. The predicted octanol–water partition coefficient (Wildman–Crippen LogP) is 4.86. The van der Waals surface area contributed by atoms with Crippen molar-refractivity contribution in [1.82, 2.24) is 0 Å². The monoisotopic (exact) mass is 293 g/mol. The SMILES string of the molecule is CCCC(C#N)CCCOC(=O)C1CCC(CCC)CC1. The van der Waals surface area contributed by atoms with Gasteiger partial charge in [0.25, 0.3) is 0 Å². The highest BCUT2D eigenvalue weighted by atomic mass is 16.5. The predicted molar refractivity (Wildman–Crippen MR) is 84.6 cm³/mol. The summed E-state index contributed by atoms with van der Waals surface area (Å²) in [6.07, 6.45) is 10.6. The molecule has 0 N–H and O–H groups in total. The molecule has 1 fully saturated rings. The Labute approximate surface area is 130 Å². The number of nitriles is 1. The zero-order chi connectivity index (χ0) is 15.5. The van der Waals surface area contributed by atoms with E-state index in [1.165, 1.54) is 25.7 Å². The summed E-state index contributed by atoms with van der Waals surface area (Å²) >= 11 is 0. The topological polar surface area (TPSA) is 50.1 Å². The normalized spacial score (nSPS) is 23.3. The molecule has 0 bridgehead atoms. The van der Waals surface area contributed by atoms with Gasteiger partial charge in [-0.3, -0.25) is 4.79 Å². The van der Waals surface area contributed by atoms with Crippen LogP contribution >= 0.6 is 0 Å². The number of carbonyl (C=O) groups is 1. The van der Waals surface area contributed by atoms with Crippen molar-refractivity contribution >= 4 is 5.97 Å². The molecule has 1 aliphatic carbocycles. The van der Waals surface area contributed by atoms with E-state index in [1.807, 2.05) is 0 Å². The summed E-state index contributed by atoms with van der Waals surface area (Å²) in [6, 6.07) is 2.33. The van der Waals surface area contributed by atoms with Crippen molar-refractivity contribution in [3.8, 4) is 6.07 Å². The molecule has 0 spiro atoms. The van der Waals surface area contributed by atoms with Crippen LogP contribution in [0.1, 0.15) is 78.1 Å². The van der Waals surface area contributed by atoms with Crippen LogP contribution in [-0.2, 0) is 9.53 Å². The first kappa shape index (κ1) is 18.0. The van der Waals surface area contributed by atoms with Crippen molar-refractivity contribution in [3.05, 3.63) is 0 Å². The molecule has 21 heavy (non-hydrogen) atoms. The van der Waals surface area contributed by atoms with E-state index >= 15 is 0 Å². The molecule has 0 aromatic carbocycles. The second-order valence-electron chi connectivity index (χ2n) is 6.43. The Bertz CT molecular complexity index is 327. The fraction of sp³-hybridized carbons (Fsp3) is 0.889. The van der Waals surface area contributed by atoms with Gasteiger partial charge >= 0.3 is 5.97 Å². The maximum Gasteiger partial charge on any atom is 0.308 e. The Hall–Kier alpha value is -1.04. The minimum Gasteiger partial charge on any atom is -0.465 e. The Morgan fingerprint density at radius 2 is 1.90 bits per heavy atom. The highest BCUT2D eigenvalue weighted by Crippen LogP contribution is 2.32. The van der Waals surface area contributed by atoms with Gasteiger partial charge in [0.15, 0.2) is 0 Å². The number of hydrogen-bond acceptors (Lipinski definition) is 3. The van der Waals surface area contributed by atoms with Gasteiger partial charge in [-0.1, -0.05) is 33.1 Å². The molecule has 120 valence electrons. The first-order chi connectivity index (χ1) is 10.2. The lowest BCUT2D eigenvalue weighted by Gasteiger charge is -2.26. The molecule has 1 rings (SSSR count). The lowest BCUT2D eigenvalue weighted by Crippen LogP contribution is -2.24. The van der Waals surface area contributed by atoms with Gasteiger partial charge in [0.1, 0.15) is 0 Å². The summed E-state index contributed by atoms with van der Waals surface area (Å²) in [6.45, 7) is 4.81. The van der Waals surface area contributed by atoms with Crippen LogP contribution in [0.25, 0.3) is 0 Å². The number of hydrogen-bond donors (Lipinski definition) is 0. The molecule has 1 unspecified atom stereocenters. The standard InChI is InChI=1S/C18H31NO2/c1-3-6-15-9-11-17(12-10-15)18(20)21-13-5-8-16(14-19)7-4-2/h15-17H,3-13H2,1-2H3. The number of rotatable bonds is 9. The van der Waals surface area contributed by atoms with Crippen LogP contribution in [-0.4, -0.2) is 12.6 Å². The van der Waals surface area contributed by atoms with Gasteiger partial charge in [0.05, 0.1) is 18.6 Å². The maximum atomic E-state index is 12.0. The first-order valence-corrected chi connectivity index (χ1v) is 8.77. The van der Waals surface area contributed by atoms with Crippen LogP contribution in [0.5, 0.6) is 0 Å². The molecular formula is C18H31NO2. The third-order valence-corrected chi connectivity index (χ3v) is 4.64. The van der Waals surface area contributed by atoms with Crippen LogP contribution in [0.3, 0.4) is 0 Å². The summed E-state index contributed by atoms with van der Waals surface area (Å²) < 4.78 is 5.40.